The second-order valence-electron chi connectivity index (χ2n) is 4.62. The fraction of sp³-hybridized carbons (Fsp3) is 0.133. The van der Waals surface area contributed by atoms with Crippen LogP contribution in [-0.2, 0) is 0 Å². The Labute approximate surface area is 131 Å². The Morgan fingerprint density at radius 2 is 2.23 bits per heavy atom. The number of hydrogen-bond donors (Lipinski definition) is 2. The third kappa shape index (κ3) is 2.71. The van der Waals surface area contributed by atoms with Crippen molar-refractivity contribution in [3.63, 3.8) is 0 Å². The summed E-state index contributed by atoms with van der Waals surface area (Å²) in [5.74, 6) is 1.17. The molecule has 0 aliphatic rings. The Hall–Kier alpha value is -2.67. The normalized spacial score (nSPS) is 11.2. The van der Waals surface area contributed by atoms with Crippen molar-refractivity contribution in [3.05, 3.63) is 41.0 Å². The lowest BCUT2D eigenvalue weighted by molar-refractivity contribution is 0.373. The van der Waals surface area contributed by atoms with Gasteiger partial charge in [-0.25, -0.2) is 9.97 Å². The molecule has 2 heterocycles. The standard InChI is InChI=1S/C15H14N4O2S/c1-9-7-22-14-13(9)16-8-17-15(14)19-18-6-10-3-4-12(21-2)11(20)5-10/h3-8,20H,1-2H3,(H,16,17,19)/b18-6+. The number of methoxy groups -OCH3 is 1. The lowest BCUT2D eigenvalue weighted by Crippen LogP contribution is -1.95. The first-order chi connectivity index (χ1) is 10.7. The number of phenols is 1. The molecule has 0 radical (unpaired) electrons. The number of anilines is 1. The van der Waals surface area contributed by atoms with E-state index in [1.807, 2.05) is 12.3 Å². The number of benzene rings is 1. The van der Waals surface area contributed by atoms with Crippen LogP contribution in [0.5, 0.6) is 11.5 Å². The molecule has 0 unspecified atom stereocenters. The number of nitrogens with one attached hydrogen (secondary N) is 1. The van der Waals surface area contributed by atoms with Gasteiger partial charge < -0.3 is 9.84 Å². The number of nitrogens with zero attached hydrogens (tertiary/aromatic N) is 3. The number of hydrazone groups is 1. The van der Waals surface area contributed by atoms with E-state index in [1.54, 1.807) is 35.8 Å². The molecule has 3 aromatic rings. The molecule has 112 valence electrons. The zero-order chi connectivity index (χ0) is 15.5. The molecule has 0 saturated carbocycles. The number of ether oxygens (including phenoxy) is 1. The minimum absolute atomic E-state index is 0.0739. The van der Waals surface area contributed by atoms with Crippen molar-refractivity contribution in [3.8, 4) is 11.5 Å². The third-order valence-corrected chi connectivity index (χ3v) is 4.21. The van der Waals surface area contributed by atoms with E-state index in [0.29, 0.717) is 11.6 Å². The first-order valence-electron chi connectivity index (χ1n) is 6.54. The minimum atomic E-state index is 0.0739. The van der Waals surface area contributed by atoms with Crippen LogP contribution in [0.3, 0.4) is 0 Å². The van der Waals surface area contributed by atoms with Crippen molar-refractivity contribution in [2.24, 2.45) is 5.10 Å². The molecule has 0 bridgehead atoms. The van der Waals surface area contributed by atoms with Gasteiger partial charge in [0.15, 0.2) is 17.3 Å². The van der Waals surface area contributed by atoms with Crippen LogP contribution in [0.1, 0.15) is 11.1 Å². The second kappa shape index (κ2) is 5.98. The predicted molar refractivity (Wildman–Crippen MR) is 88.0 cm³/mol. The molecule has 0 atom stereocenters. The number of hydrogen-bond acceptors (Lipinski definition) is 7. The predicted octanol–water partition coefficient (Wildman–Crippen LogP) is 3.16. The number of aromatic nitrogens is 2. The maximum Gasteiger partial charge on any atom is 0.167 e. The maximum atomic E-state index is 9.73. The molecule has 7 heteroatoms. The molecular weight excluding hydrogens is 300 g/mol. The number of rotatable bonds is 4. The second-order valence-corrected chi connectivity index (χ2v) is 5.50. The molecule has 0 aliphatic heterocycles. The topological polar surface area (TPSA) is 79.6 Å². The highest BCUT2D eigenvalue weighted by Crippen LogP contribution is 2.28. The molecule has 0 fully saturated rings. The smallest absolute Gasteiger partial charge is 0.167 e. The zero-order valence-electron chi connectivity index (χ0n) is 12.1. The number of aromatic hydroxyl groups is 1. The quantitative estimate of drug-likeness (QED) is 0.571. The van der Waals surface area contributed by atoms with Gasteiger partial charge in [0.2, 0.25) is 0 Å². The summed E-state index contributed by atoms with van der Waals surface area (Å²) < 4.78 is 5.97. The average molecular weight is 314 g/mol. The van der Waals surface area contributed by atoms with Gasteiger partial charge in [-0.15, -0.1) is 11.3 Å². The van der Waals surface area contributed by atoms with Crippen LogP contribution < -0.4 is 10.2 Å². The van der Waals surface area contributed by atoms with Crippen LogP contribution >= 0.6 is 11.3 Å². The van der Waals surface area contributed by atoms with Gasteiger partial charge in [-0.3, -0.25) is 5.43 Å². The van der Waals surface area contributed by atoms with E-state index in [0.717, 1.165) is 21.3 Å². The Morgan fingerprint density at radius 1 is 1.36 bits per heavy atom. The fourth-order valence-corrected chi connectivity index (χ4v) is 2.95. The van der Waals surface area contributed by atoms with Gasteiger partial charge >= 0.3 is 0 Å². The van der Waals surface area contributed by atoms with Crippen molar-refractivity contribution in [2.45, 2.75) is 6.92 Å². The highest BCUT2D eigenvalue weighted by Gasteiger charge is 2.07. The summed E-state index contributed by atoms with van der Waals surface area (Å²) in [4.78, 5) is 8.46. The van der Waals surface area contributed by atoms with E-state index >= 15 is 0 Å². The lowest BCUT2D eigenvalue weighted by atomic mass is 10.2. The van der Waals surface area contributed by atoms with E-state index in [1.165, 1.54) is 13.4 Å². The van der Waals surface area contributed by atoms with Gasteiger partial charge in [-0.1, -0.05) is 0 Å². The molecule has 6 nitrogen and oxygen atoms in total. The molecule has 0 saturated heterocycles. The maximum absolute atomic E-state index is 9.73. The molecule has 0 amide bonds. The number of aryl methyl sites for hydroxylation is 1. The van der Waals surface area contributed by atoms with Crippen molar-refractivity contribution in [2.75, 3.05) is 12.5 Å². The van der Waals surface area contributed by atoms with Crippen molar-refractivity contribution < 1.29 is 9.84 Å². The highest BCUT2D eigenvalue weighted by atomic mass is 32.1. The van der Waals surface area contributed by atoms with Gasteiger partial charge in [0.05, 0.1) is 23.5 Å². The first kappa shape index (κ1) is 14.3. The Bertz CT molecular complexity index is 845. The molecular formula is C15H14N4O2S. The monoisotopic (exact) mass is 314 g/mol. The van der Waals surface area contributed by atoms with Crippen LogP contribution in [0, 0.1) is 6.92 Å². The van der Waals surface area contributed by atoms with Crippen LogP contribution in [0.25, 0.3) is 10.2 Å². The van der Waals surface area contributed by atoms with E-state index in [-0.39, 0.29) is 5.75 Å². The molecule has 1 aromatic carbocycles. The summed E-state index contributed by atoms with van der Waals surface area (Å²) in [5.41, 5.74) is 5.71. The summed E-state index contributed by atoms with van der Waals surface area (Å²) >= 11 is 1.58. The van der Waals surface area contributed by atoms with E-state index in [4.69, 9.17) is 4.74 Å². The Balaban J connectivity index is 1.80. The van der Waals surface area contributed by atoms with Gasteiger partial charge in [0.1, 0.15) is 6.33 Å². The zero-order valence-corrected chi connectivity index (χ0v) is 12.9. The molecule has 0 aliphatic carbocycles. The van der Waals surface area contributed by atoms with Gasteiger partial charge in [0.25, 0.3) is 0 Å². The SMILES string of the molecule is COc1ccc(/C=N/Nc2ncnc3c(C)csc23)cc1O. The molecule has 0 spiro atoms. The number of fused-ring (bicyclic) bond motifs is 1. The highest BCUT2D eigenvalue weighted by molar-refractivity contribution is 7.18. The van der Waals surface area contributed by atoms with Crippen molar-refractivity contribution >= 4 is 33.6 Å². The van der Waals surface area contributed by atoms with Crippen LogP contribution in [-0.4, -0.2) is 28.4 Å². The number of thiophene rings is 1. The van der Waals surface area contributed by atoms with E-state index in [9.17, 15) is 5.11 Å². The summed E-state index contributed by atoms with van der Waals surface area (Å²) in [7, 11) is 1.51. The Morgan fingerprint density at radius 3 is 3.00 bits per heavy atom. The van der Waals surface area contributed by atoms with Crippen LogP contribution in [0.4, 0.5) is 5.82 Å². The lowest BCUT2D eigenvalue weighted by Gasteiger charge is -2.03. The minimum Gasteiger partial charge on any atom is -0.504 e. The molecule has 2 aromatic heterocycles. The van der Waals surface area contributed by atoms with Crippen LogP contribution in [0.2, 0.25) is 0 Å². The van der Waals surface area contributed by atoms with Gasteiger partial charge in [-0.05, 0) is 41.6 Å². The van der Waals surface area contributed by atoms with Gasteiger partial charge in [-0.2, -0.15) is 5.10 Å². The van der Waals surface area contributed by atoms with E-state index < -0.39 is 0 Å². The molecule has 2 N–H and O–H groups in total. The first-order valence-corrected chi connectivity index (χ1v) is 7.42. The largest absolute Gasteiger partial charge is 0.504 e. The summed E-state index contributed by atoms with van der Waals surface area (Å²) in [5, 5.41) is 15.9. The summed E-state index contributed by atoms with van der Waals surface area (Å²) in [6.07, 6.45) is 3.12. The number of phenolic OH excluding ortho intramolecular Hbond substituents is 1. The van der Waals surface area contributed by atoms with Crippen molar-refractivity contribution in [1.82, 2.24) is 9.97 Å². The summed E-state index contributed by atoms with van der Waals surface area (Å²) in [6.45, 7) is 2.01. The van der Waals surface area contributed by atoms with Crippen molar-refractivity contribution in [1.29, 1.82) is 0 Å². The Kier molecular flexibility index (Phi) is 3.88. The third-order valence-electron chi connectivity index (χ3n) is 3.12. The summed E-state index contributed by atoms with van der Waals surface area (Å²) in [6, 6.07) is 5.06. The fourth-order valence-electron chi connectivity index (χ4n) is 2.00. The molecule has 22 heavy (non-hydrogen) atoms. The van der Waals surface area contributed by atoms with Crippen LogP contribution in [0.15, 0.2) is 35.0 Å². The molecule has 3 rings (SSSR count). The van der Waals surface area contributed by atoms with E-state index in [2.05, 4.69) is 20.5 Å². The van der Waals surface area contributed by atoms with Gasteiger partial charge in [0, 0.05) is 0 Å². The average Bonchev–Trinajstić information content (AvgIpc) is 2.90.